The number of hydrogen-bond donors (Lipinski definition) is 0. The minimum Gasteiger partial charge on any atom is -0.430 e. The average Bonchev–Trinajstić information content (AvgIpc) is 2.60. The van der Waals surface area contributed by atoms with Crippen LogP contribution in [0.5, 0.6) is 0 Å². The maximum atomic E-state index is 11.6. The van der Waals surface area contributed by atoms with Crippen LogP contribution >= 0.6 is 34.8 Å². The van der Waals surface area contributed by atoms with Crippen molar-refractivity contribution in [3.05, 3.63) is 21.7 Å². The predicted molar refractivity (Wildman–Crippen MR) is 63.1 cm³/mol. The third kappa shape index (κ3) is 2.73. The molecule has 0 aliphatic carbocycles. The van der Waals surface area contributed by atoms with Gasteiger partial charge < -0.3 is 4.74 Å². The van der Waals surface area contributed by atoms with Crippen LogP contribution in [0.1, 0.15) is 18.2 Å². The zero-order chi connectivity index (χ0) is 12.6. The molecule has 0 N–H and O–H groups in total. The molecule has 0 radical (unpaired) electrons. The summed E-state index contributed by atoms with van der Waals surface area (Å²) in [5, 5.41) is 0.323. The molecule has 0 fully saturated rings. The van der Waals surface area contributed by atoms with E-state index < -0.39 is 11.7 Å². The molecule has 1 unspecified atom stereocenters. The predicted octanol–water partition coefficient (Wildman–Crippen LogP) is 2.82. The number of hydrogen-bond acceptors (Lipinski definition) is 4. The van der Waals surface area contributed by atoms with Crippen LogP contribution in [0.15, 0.2) is 0 Å². The Kier molecular flexibility index (Phi) is 3.61. The van der Waals surface area contributed by atoms with Crippen LogP contribution in [0.2, 0.25) is 10.4 Å². The van der Waals surface area contributed by atoms with Gasteiger partial charge in [0.1, 0.15) is 5.15 Å². The summed E-state index contributed by atoms with van der Waals surface area (Å²) in [7, 11) is 0. The van der Waals surface area contributed by atoms with E-state index in [1.165, 1.54) is 4.90 Å². The van der Waals surface area contributed by atoms with Gasteiger partial charge in [0.2, 0.25) is 5.28 Å². The first-order valence-electron chi connectivity index (χ1n) is 4.78. The molecule has 0 saturated carbocycles. The van der Waals surface area contributed by atoms with E-state index in [0.29, 0.717) is 24.3 Å². The standard InChI is InChI=1S/C9H8Cl3N3O2/c1-4(10)17-9(16)15-2-5-6(3-15)13-8(12)14-7(5)11/h4H,2-3H2,1H3. The van der Waals surface area contributed by atoms with Gasteiger partial charge in [-0.15, -0.1) is 0 Å². The van der Waals surface area contributed by atoms with Crippen molar-refractivity contribution >= 4 is 40.9 Å². The Bertz CT molecular complexity index is 467. The lowest BCUT2D eigenvalue weighted by molar-refractivity contribution is 0.0948. The Balaban J connectivity index is 2.16. The second-order valence-corrected chi connectivity index (χ2v) is 4.80. The molecule has 8 heteroatoms. The number of nitrogens with zero attached hydrogens (tertiary/aromatic N) is 3. The third-order valence-corrected chi connectivity index (χ3v) is 2.80. The number of amides is 1. The van der Waals surface area contributed by atoms with E-state index >= 15 is 0 Å². The van der Waals surface area contributed by atoms with E-state index in [9.17, 15) is 4.79 Å². The van der Waals surface area contributed by atoms with E-state index in [-0.39, 0.29) is 10.4 Å². The van der Waals surface area contributed by atoms with Crippen LogP contribution in [0, 0.1) is 0 Å². The van der Waals surface area contributed by atoms with Crippen LogP contribution in [0.3, 0.4) is 0 Å². The minimum atomic E-state index is -0.684. The second kappa shape index (κ2) is 4.84. The van der Waals surface area contributed by atoms with Crippen LogP contribution in [-0.4, -0.2) is 26.5 Å². The van der Waals surface area contributed by atoms with Gasteiger partial charge in [-0.2, -0.15) is 0 Å². The molecule has 2 rings (SSSR count). The normalized spacial score (nSPS) is 15.6. The molecule has 0 spiro atoms. The molecule has 0 bridgehead atoms. The van der Waals surface area contributed by atoms with Crippen molar-refractivity contribution in [3.8, 4) is 0 Å². The fourth-order valence-corrected chi connectivity index (χ4v) is 2.08. The summed E-state index contributed by atoms with van der Waals surface area (Å²) in [5.41, 5.74) is 0.640. The Morgan fingerprint density at radius 3 is 2.76 bits per heavy atom. The number of aromatic nitrogens is 2. The number of fused-ring (bicyclic) bond motifs is 1. The first kappa shape index (κ1) is 12.7. The summed E-state index contributed by atoms with van der Waals surface area (Å²) < 4.78 is 4.86. The quantitative estimate of drug-likeness (QED) is 0.454. The van der Waals surface area contributed by atoms with Crippen LogP contribution < -0.4 is 0 Å². The van der Waals surface area contributed by atoms with Gasteiger partial charge in [-0.1, -0.05) is 23.2 Å². The molecule has 1 aromatic rings. The lowest BCUT2D eigenvalue weighted by Crippen LogP contribution is -2.27. The maximum Gasteiger partial charge on any atom is 0.411 e. The lowest BCUT2D eigenvalue weighted by Gasteiger charge is -2.15. The van der Waals surface area contributed by atoms with Crippen LogP contribution in [0.4, 0.5) is 4.79 Å². The Morgan fingerprint density at radius 1 is 1.41 bits per heavy atom. The minimum absolute atomic E-state index is 0.0645. The lowest BCUT2D eigenvalue weighted by atomic mass is 10.3. The Morgan fingerprint density at radius 2 is 2.12 bits per heavy atom. The molecule has 1 aliphatic heterocycles. The van der Waals surface area contributed by atoms with Gasteiger partial charge in [0.25, 0.3) is 0 Å². The number of carbonyl (C=O) groups is 1. The molecule has 1 aliphatic rings. The van der Waals surface area contributed by atoms with E-state index in [0.717, 1.165) is 0 Å². The number of alkyl halides is 1. The summed E-state index contributed by atoms with van der Waals surface area (Å²) >= 11 is 17.2. The molecule has 1 amide bonds. The van der Waals surface area contributed by atoms with Crippen molar-refractivity contribution in [2.75, 3.05) is 0 Å². The Labute approximate surface area is 113 Å². The van der Waals surface area contributed by atoms with E-state index in [1.807, 2.05) is 0 Å². The number of rotatable bonds is 1. The molecule has 2 heterocycles. The van der Waals surface area contributed by atoms with Crippen molar-refractivity contribution in [3.63, 3.8) is 0 Å². The maximum absolute atomic E-state index is 11.6. The van der Waals surface area contributed by atoms with E-state index in [4.69, 9.17) is 39.5 Å². The largest absolute Gasteiger partial charge is 0.430 e. The van der Waals surface area contributed by atoms with Gasteiger partial charge in [0.15, 0.2) is 5.56 Å². The molecular formula is C9H8Cl3N3O2. The summed E-state index contributed by atoms with van der Waals surface area (Å²) in [4.78, 5) is 20.9. The molecule has 5 nitrogen and oxygen atoms in total. The number of carbonyl (C=O) groups excluding carboxylic acids is 1. The zero-order valence-corrected chi connectivity index (χ0v) is 11.1. The van der Waals surface area contributed by atoms with E-state index in [2.05, 4.69) is 9.97 Å². The first-order valence-corrected chi connectivity index (χ1v) is 5.97. The van der Waals surface area contributed by atoms with Crippen molar-refractivity contribution in [1.29, 1.82) is 0 Å². The summed E-state index contributed by atoms with van der Waals surface area (Å²) in [6.45, 7) is 2.15. The summed E-state index contributed by atoms with van der Waals surface area (Å²) in [6, 6.07) is 0. The monoisotopic (exact) mass is 295 g/mol. The SMILES string of the molecule is CC(Cl)OC(=O)N1Cc2nc(Cl)nc(Cl)c2C1. The van der Waals surface area contributed by atoms with Gasteiger partial charge in [-0.25, -0.2) is 14.8 Å². The highest BCUT2D eigenvalue weighted by Crippen LogP contribution is 2.28. The van der Waals surface area contributed by atoms with Crippen LogP contribution in [0.25, 0.3) is 0 Å². The van der Waals surface area contributed by atoms with Crippen molar-refractivity contribution in [2.24, 2.45) is 0 Å². The second-order valence-electron chi connectivity index (χ2n) is 3.49. The van der Waals surface area contributed by atoms with Crippen molar-refractivity contribution in [1.82, 2.24) is 14.9 Å². The highest BCUT2D eigenvalue weighted by atomic mass is 35.5. The first-order chi connectivity index (χ1) is 7.97. The van der Waals surface area contributed by atoms with E-state index in [1.54, 1.807) is 6.92 Å². The van der Waals surface area contributed by atoms with Gasteiger partial charge in [0.05, 0.1) is 18.8 Å². The van der Waals surface area contributed by atoms with Gasteiger partial charge in [-0.3, -0.25) is 4.90 Å². The number of ether oxygens (including phenoxy) is 1. The van der Waals surface area contributed by atoms with Gasteiger partial charge >= 0.3 is 6.09 Å². The molecule has 1 aromatic heterocycles. The highest BCUT2D eigenvalue weighted by Gasteiger charge is 2.29. The van der Waals surface area contributed by atoms with Crippen LogP contribution in [-0.2, 0) is 17.8 Å². The smallest absolute Gasteiger partial charge is 0.411 e. The zero-order valence-electron chi connectivity index (χ0n) is 8.78. The van der Waals surface area contributed by atoms with Gasteiger partial charge in [0, 0.05) is 5.56 Å². The van der Waals surface area contributed by atoms with Crippen molar-refractivity contribution < 1.29 is 9.53 Å². The summed E-state index contributed by atoms with van der Waals surface area (Å²) in [6.07, 6.45) is -0.516. The molecule has 17 heavy (non-hydrogen) atoms. The highest BCUT2D eigenvalue weighted by molar-refractivity contribution is 6.32. The van der Waals surface area contributed by atoms with Crippen molar-refractivity contribution in [2.45, 2.75) is 25.6 Å². The average molecular weight is 297 g/mol. The molecule has 1 atom stereocenters. The topological polar surface area (TPSA) is 55.3 Å². The van der Waals surface area contributed by atoms with Gasteiger partial charge in [-0.05, 0) is 18.5 Å². The molecular weight excluding hydrogens is 288 g/mol. The summed E-state index contributed by atoms with van der Waals surface area (Å²) in [5.74, 6) is 0. The fraction of sp³-hybridized carbons (Fsp3) is 0.444. The number of halogens is 3. The molecule has 92 valence electrons. The third-order valence-electron chi connectivity index (χ3n) is 2.23. The molecule has 0 aromatic carbocycles. The fourth-order valence-electron chi connectivity index (χ4n) is 1.53. The Hall–Kier alpha value is -0.780. The molecule has 0 saturated heterocycles.